The van der Waals surface area contributed by atoms with Gasteiger partial charge in [0.25, 0.3) is 0 Å². The molecular weight excluding hydrogens is 312 g/mol. The minimum Gasteiger partial charge on any atom is -0.491 e. The van der Waals surface area contributed by atoms with Crippen LogP contribution in [0, 0.1) is 11.6 Å². The minimum absolute atomic E-state index is 0.131. The predicted molar refractivity (Wildman–Crippen MR) is 87.8 cm³/mol. The van der Waals surface area contributed by atoms with E-state index in [1.165, 1.54) is 18.2 Å². The van der Waals surface area contributed by atoms with Crippen molar-refractivity contribution in [2.24, 2.45) is 0 Å². The molecule has 0 aliphatic carbocycles. The number of halogens is 2. The standard InChI is InChI=1S/C19H21F2NO2/c20-16-6-8-17(9-7-16)24-14-19(23)10-3-11-22(13-19)12-15-4-1-2-5-18(15)21/h1-2,4-9,23H,3,10-14H2. The summed E-state index contributed by atoms with van der Waals surface area (Å²) in [5.41, 5.74) is -0.362. The molecule has 1 saturated heterocycles. The zero-order chi connectivity index (χ0) is 17.0. The minimum atomic E-state index is -0.988. The lowest BCUT2D eigenvalue weighted by molar-refractivity contribution is -0.0622. The van der Waals surface area contributed by atoms with E-state index in [-0.39, 0.29) is 18.2 Å². The highest BCUT2D eigenvalue weighted by Gasteiger charge is 2.34. The molecule has 0 bridgehead atoms. The van der Waals surface area contributed by atoms with Gasteiger partial charge in [-0.2, -0.15) is 0 Å². The average molecular weight is 333 g/mol. The van der Waals surface area contributed by atoms with E-state index in [9.17, 15) is 13.9 Å². The van der Waals surface area contributed by atoms with Crippen molar-refractivity contribution >= 4 is 0 Å². The highest BCUT2D eigenvalue weighted by Crippen LogP contribution is 2.24. The van der Waals surface area contributed by atoms with Gasteiger partial charge in [0.2, 0.25) is 0 Å². The van der Waals surface area contributed by atoms with Crippen LogP contribution in [0.4, 0.5) is 8.78 Å². The molecule has 5 heteroatoms. The lowest BCUT2D eigenvalue weighted by atomic mass is 9.93. The number of rotatable bonds is 5. The Morgan fingerprint density at radius 1 is 1.08 bits per heavy atom. The summed E-state index contributed by atoms with van der Waals surface area (Å²) < 4.78 is 32.3. The van der Waals surface area contributed by atoms with Gasteiger partial charge in [-0.1, -0.05) is 18.2 Å². The first kappa shape index (κ1) is 16.9. The molecule has 1 fully saturated rings. The van der Waals surface area contributed by atoms with E-state index in [2.05, 4.69) is 0 Å². The molecule has 0 aromatic heterocycles. The zero-order valence-electron chi connectivity index (χ0n) is 13.4. The summed E-state index contributed by atoms with van der Waals surface area (Å²) in [4.78, 5) is 2.04. The smallest absolute Gasteiger partial charge is 0.127 e. The van der Waals surface area contributed by atoms with Crippen LogP contribution in [0.2, 0.25) is 0 Å². The molecule has 1 aliphatic heterocycles. The quantitative estimate of drug-likeness (QED) is 0.911. The molecule has 24 heavy (non-hydrogen) atoms. The Morgan fingerprint density at radius 2 is 1.83 bits per heavy atom. The number of hydrogen-bond acceptors (Lipinski definition) is 3. The summed E-state index contributed by atoms with van der Waals surface area (Å²) in [6.45, 7) is 1.83. The molecule has 2 aromatic rings. The Bertz CT molecular complexity index is 677. The van der Waals surface area contributed by atoms with Gasteiger partial charge in [-0.25, -0.2) is 8.78 Å². The van der Waals surface area contributed by atoms with Crippen molar-refractivity contribution in [1.29, 1.82) is 0 Å². The van der Waals surface area contributed by atoms with Gasteiger partial charge >= 0.3 is 0 Å². The molecule has 3 rings (SSSR count). The topological polar surface area (TPSA) is 32.7 Å². The average Bonchev–Trinajstić information content (AvgIpc) is 2.57. The third-order valence-electron chi connectivity index (χ3n) is 4.31. The molecule has 1 atom stereocenters. The van der Waals surface area contributed by atoms with Gasteiger partial charge in [0.05, 0.1) is 0 Å². The molecule has 0 saturated carbocycles. The number of likely N-dealkylation sites (tertiary alicyclic amines) is 1. The van der Waals surface area contributed by atoms with E-state index in [4.69, 9.17) is 4.74 Å². The molecule has 0 spiro atoms. The van der Waals surface area contributed by atoms with E-state index in [0.29, 0.717) is 30.8 Å². The van der Waals surface area contributed by atoms with E-state index in [0.717, 1.165) is 13.0 Å². The molecule has 1 aliphatic rings. The fourth-order valence-corrected chi connectivity index (χ4v) is 3.07. The van der Waals surface area contributed by atoms with Crippen LogP contribution in [0.15, 0.2) is 48.5 Å². The number of nitrogens with zero attached hydrogens (tertiary/aromatic N) is 1. The number of ether oxygens (including phenoxy) is 1. The van der Waals surface area contributed by atoms with Crippen molar-refractivity contribution in [3.05, 3.63) is 65.7 Å². The van der Waals surface area contributed by atoms with Crippen molar-refractivity contribution in [2.45, 2.75) is 25.0 Å². The van der Waals surface area contributed by atoms with Crippen LogP contribution in [-0.2, 0) is 6.54 Å². The van der Waals surface area contributed by atoms with Gasteiger partial charge in [0.1, 0.15) is 29.6 Å². The second-order valence-corrected chi connectivity index (χ2v) is 6.37. The number of piperidine rings is 1. The van der Waals surface area contributed by atoms with Crippen molar-refractivity contribution in [3.63, 3.8) is 0 Å². The first-order valence-corrected chi connectivity index (χ1v) is 8.11. The maximum atomic E-state index is 13.8. The molecular formula is C19H21F2NO2. The van der Waals surface area contributed by atoms with Gasteiger partial charge in [0.15, 0.2) is 0 Å². The van der Waals surface area contributed by atoms with Gasteiger partial charge in [-0.15, -0.1) is 0 Å². The van der Waals surface area contributed by atoms with Crippen LogP contribution in [0.3, 0.4) is 0 Å². The summed E-state index contributed by atoms with van der Waals surface area (Å²) in [5, 5.41) is 10.8. The first-order chi connectivity index (χ1) is 11.5. The lowest BCUT2D eigenvalue weighted by Gasteiger charge is -2.39. The molecule has 0 radical (unpaired) electrons. The number of benzene rings is 2. The highest BCUT2D eigenvalue weighted by molar-refractivity contribution is 5.22. The number of β-amino-alcohol motifs (C(OH)–C–C–N with tert-alkyl or cyclic N) is 1. The summed E-state index contributed by atoms with van der Waals surface area (Å²) in [6, 6.07) is 12.4. The molecule has 128 valence electrons. The Balaban J connectivity index is 1.59. The van der Waals surface area contributed by atoms with Crippen LogP contribution in [0.1, 0.15) is 18.4 Å². The van der Waals surface area contributed by atoms with E-state index >= 15 is 0 Å². The molecule has 2 aromatic carbocycles. The Labute approximate surface area is 140 Å². The lowest BCUT2D eigenvalue weighted by Crippen LogP contribution is -2.51. The molecule has 1 N–H and O–H groups in total. The van der Waals surface area contributed by atoms with E-state index in [1.54, 1.807) is 24.3 Å². The van der Waals surface area contributed by atoms with Crippen molar-refractivity contribution in [1.82, 2.24) is 4.90 Å². The molecule has 1 unspecified atom stereocenters. The van der Waals surface area contributed by atoms with Crippen LogP contribution in [0.25, 0.3) is 0 Å². The van der Waals surface area contributed by atoms with Crippen LogP contribution in [-0.4, -0.2) is 35.3 Å². The second-order valence-electron chi connectivity index (χ2n) is 6.37. The fourth-order valence-electron chi connectivity index (χ4n) is 3.07. The summed E-state index contributed by atoms with van der Waals surface area (Å²) in [5.74, 6) is -0.0278. The number of aliphatic hydroxyl groups is 1. The first-order valence-electron chi connectivity index (χ1n) is 8.11. The molecule has 3 nitrogen and oxygen atoms in total. The summed E-state index contributed by atoms with van der Waals surface area (Å²) >= 11 is 0. The number of hydrogen-bond donors (Lipinski definition) is 1. The third kappa shape index (κ3) is 4.30. The van der Waals surface area contributed by atoms with Crippen LogP contribution >= 0.6 is 0 Å². The normalized spacial score (nSPS) is 21.6. The van der Waals surface area contributed by atoms with Gasteiger partial charge in [-0.05, 0) is 49.7 Å². The van der Waals surface area contributed by atoms with Crippen molar-refractivity contribution in [3.8, 4) is 5.75 Å². The zero-order valence-corrected chi connectivity index (χ0v) is 13.4. The van der Waals surface area contributed by atoms with Crippen molar-refractivity contribution < 1.29 is 18.6 Å². The van der Waals surface area contributed by atoms with Gasteiger partial charge in [-0.3, -0.25) is 4.90 Å². The van der Waals surface area contributed by atoms with Crippen LogP contribution in [0.5, 0.6) is 5.75 Å². The Morgan fingerprint density at radius 3 is 2.58 bits per heavy atom. The largest absolute Gasteiger partial charge is 0.491 e. The third-order valence-corrected chi connectivity index (χ3v) is 4.31. The molecule has 0 amide bonds. The van der Waals surface area contributed by atoms with E-state index in [1.807, 2.05) is 11.0 Å². The fraction of sp³-hybridized carbons (Fsp3) is 0.368. The van der Waals surface area contributed by atoms with Gasteiger partial charge in [0, 0.05) is 18.7 Å². The van der Waals surface area contributed by atoms with E-state index < -0.39 is 5.60 Å². The second kappa shape index (κ2) is 7.28. The SMILES string of the molecule is OC1(COc2ccc(F)cc2)CCCN(Cc2ccccc2F)C1. The summed E-state index contributed by atoms with van der Waals surface area (Å²) in [7, 11) is 0. The summed E-state index contributed by atoms with van der Waals surface area (Å²) in [6.07, 6.45) is 1.44. The van der Waals surface area contributed by atoms with Gasteiger partial charge < -0.3 is 9.84 Å². The monoisotopic (exact) mass is 333 g/mol. The maximum Gasteiger partial charge on any atom is 0.127 e. The molecule has 1 heterocycles. The van der Waals surface area contributed by atoms with Crippen molar-refractivity contribution in [2.75, 3.05) is 19.7 Å². The Hall–Kier alpha value is -1.98. The van der Waals surface area contributed by atoms with Crippen LogP contribution < -0.4 is 4.74 Å². The highest BCUT2D eigenvalue weighted by atomic mass is 19.1. The Kier molecular flexibility index (Phi) is 5.11. The predicted octanol–water partition coefficient (Wildman–Crippen LogP) is 3.37. The maximum absolute atomic E-state index is 13.8.